The average molecular weight is 369 g/mol. The van der Waals surface area contributed by atoms with Crippen LogP contribution >= 0.6 is 11.6 Å². The molecule has 3 rings (SSSR count). The van der Waals surface area contributed by atoms with Gasteiger partial charge in [-0.15, -0.1) is 0 Å². The molecule has 0 aromatic heterocycles. The lowest BCUT2D eigenvalue weighted by molar-refractivity contribution is -0.114. The van der Waals surface area contributed by atoms with Crippen LogP contribution in [-0.2, 0) is 11.2 Å². The van der Waals surface area contributed by atoms with Gasteiger partial charge in [-0.1, -0.05) is 60.1 Å². The molecule has 0 spiro atoms. The van der Waals surface area contributed by atoms with E-state index in [-0.39, 0.29) is 17.5 Å². The average Bonchev–Trinajstić information content (AvgIpc) is 2.64. The first-order valence-electron chi connectivity index (χ1n) is 8.22. The molecule has 0 aliphatic carbocycles. The maximum atomic E-state index is 13.1. The van der Waals surface area contributed by atoms with Crippen molar-refractivity contribution in [3.05, 3.63) is 94.8 Å². The Balaban J connectivity index is 1.63. The second-order valence-electron chi connectivity index (χ2n) is 5.85. The van der Waals surface area contributed by atoms with Crippen molar-refractivity contribution < 1.29 is 9.18 Å². The standard InChI is InChI=1S/C21H18ClFN2O/c22-18-13-17(23)10-11-20(18)25-21(26)14-24-19-9-5-4-8-16(19)12-15-6-2-1-3-7-15/h1-11,13,24H,12,14H2,(H,25,26). The van der Waals surface area contributed by atoms with Crippen LogP contribution in [0, 0.1) is 5.82 Å². The molecule has 1 amide bonds. The van der Waals surface area contributed by atoms with Crippen molar-refractivity contribution in [1.82, 2.24) is 0 Å². The summed E-state index contributed by atoms with van der Waals surface area (Å²) in [6.07, 6.45) is 0.773. The van der Waals surface area contributed by atoms with Crippen LogP contribution in [-0.4, -0.2) is 12.5 Å². The fourth-order valence-electron chi connectivity index (χ4n) is 2.62. The monoisotopic (exact) mass is 368 g/mol. The Morgan fingerprint density at radius 2 is 1.65 bits per heavy atom. The number of hydrogen-bond donors (Lipinski definition) is 2. The molecule has 5 heteroatoms. The number of anilines is 2. The van der Waals surface area contributed by atoms with Crippen molar-refractivity contribution >= 4 is 28.9 Å². The van der Waals surface area contributed by atoms with Crippen LogP contribution in [0.15, 0.2) is 72.8 Å². The van der Waals surface area contributed by atoms with Crippen molar-refractivity contribution in [3.8, 4) is 0 Å². The third-order valence-corrected chi connectivity index (χ3v) is 4.21. The van der Waals surface area contributed by atoms with Gasteiger partial charge in [0.2, 0.25) is 5.91 Å². The molecule has 2 N–H and O–H groups in total. The molecule has 0 atom stereocenters. The normalized spacial score (nSPS) is 10.4. The van der Waals surface area contributed by atoms with Gasteiger partial charge in [-0.05, 0) is 41.8 Å². The van der Waals surface area contributed by atoms with Gasteiger partial charge in [-0.25, -0.2) is 4.39 Å². The predicted octanol–water partition coefficient (Wildman–Crippen LogP) is 5.12. The summed E-state index contributed by atoms with van der Waals surface area (Å²) in [5.41, 5.74) is 3.59. The molecule has 0 aliphatic rings. The zero-order valence-corrected chi connectivity index (χ0v) is 14.8. The van der Waals surface area contributed by atoms with E-state index < -0.39 is 5.82 Å². The summed E-state index contributed by atoms with van der Waals surface area (Å²) in [4.78, 5) is 12.2. The van der Waals surface area contributed by atoms with Crippen LogP contribution in [0.25, 0.3) is 0 Å². The van der Waals surface area contributed by atoms with Gasteiger partial charge in [-0.3, -0.25) is 4.79 Å². The first-order chi connectivity index (χ1) is 12.6. The van der Waals surface area contributed by atoms with Crippen LogP contribution in [0.2, 0.25) is 5.02 Å². The van der Waals surface area contributed by atoms with E-state index >= 15 is 0 Å². The molecule has 3 aromatic rings. The number of benzene rings is 3. The highest BCUT2D eigenvalue weighted by Crippen LogP contribution is 2.22. The third kappa shape index (κ3) is 4.83. The number of rotatable bonds is 6. The number of para-hydroxylation sites is 1. The number of amides is 1. The summed E-state index contributed by atoms with van der Waals surface area (Å²) in [5, 5.41) is 6.00. The molecule has 0 radical (unpaired) electrons. The molecule has 3 nitrogen and oxygen atoms in total. The fourth-order valence-corrected chi connectivity index (χ4v) is 2.84. The van der Waals surface area contributed by atoms with Gasteiger partial charge in [0.05, 0.1) is 17.3 Å². The SMILES string of the molecule is O=C(CNc1ccccc1Cc1ccccc1)Nc1ccc(F)cc1Cl. The molecule has 0 heterocycles. The predicted molar refractivity (Wildman–Crippen MR) is 104 cm³/mol. The first-order valence-corrected chi connectivity index (χ1v) is 8.60. The van der Waals surface area contributed by atoms with E-state index in [0.717, 1.165) is 17.7 Å². The van der Waals surface area contributed by atoms with E-state index in [1.807, 2.05) is 42.5 Å². The molecule has 0 unspecified atom stereocenters. The van der Waals surface area contributed by atoms with Crippen molar-refractivity contribution in [2.75, 3.05) is 17.2 Å². The zero-order chi connectivity index (χ0) is 18.4. The fraction of sp³-hybridized carbons (Fsp3) is 0.0952. The van der Waals surface area contributed by atoms with E-state index in [2.05, 4.69) is 22.8 Å². The van der Waals surface area contributed by atoms with Gasteiger partial charge in [0.25, 0.3) is 0 Å². The van der Waals surface area contributed by atoms with E-state index in [9.17, 15) is 9.18 Å². The molecule has 0 saturated carbocycles. The van der Waals surface area contributed by atoms with E-state index in [0.29, 0.717) is 5.69 Å². The Morgan fingerprint density at radius 1 is 0.923 bits per heavy atom. The molecule has 26 heavy (non-hydrogen) atoms. The van der Waals surface area contributed by atoms with Crippen LogP contribution in [0.5, 0.6) is 0 Å². The van der Waals surface area contributed by atoms with Gasteiger partial charge in [0.15, 0.2) is 0 Å². The molecule has 0 bridgehead atoms. The van der Waals surface area contributed by atoms with E-state index in [1.54, 1.807) is 0 Å². The van der Waals surface area contributed by atoms with Crippen LogP contribution in [0.3, 0.4) is 0 Å². The lowest BCUT2D eigenvalue weighted by atomic mass is 10.0. The van der Waals surface area contributed by atoms with Gasteiger partial charge < -0.3 is 10.6 Å². The summed E-state index contributed by atoms with van der Waals surface area (Å²) in [7, 11) is 0. The van der Waals surface area contributed by atoms with Gasteiger partial charge >= 0.3 is 0 Å². The van der Waals surface area contributed by atoms with Crippen LogP contribution in [0.1, 0.15) is 11.1 Å². The Morgan fingerprint density at radius 3 is 2.42 bits per heavy atom. The van der Waals surface area contributed by atoms with Crippen LogP contribution in [0.4, 0.5) is 15.8 Å². The third-order valence-electron chi connectivity index (χ3n) is 3.90. The minimum Gasteiger partial charge on any atom is -0.376 e. The lowest BCUT2D eigenvalue weighted by Gasteiger charge is -2.13. The number of carbonyl (C=O) groups is 1. The largest absolute Gasteiger partial charge is 0.376 e. The summed E-state index contributed by atoms with van der Waals surface area (Å²) < 4.78 is 13.1. The second kappa shape index (κ2) is 8.50. The molecular formula is C21H18ClFN2O. The highest BCUT2D eigenvalue weighted by molar-refractivity contribution is 6.33. The van der Waals surface area contributed by atoms with Gasteiger partial charge in [0.1, 0.15) is 5.82 Å². The highest BCUT2D eigenvalue weighted by atomic mass is 35.5. The lowest BCUT2D eigenvalue weighted by Crippen LogP contribution is -2.22. The molecule has 0 fully saturated rings. The smallest absolute Gasteiger partial charge is 0.243 e. The molecule has 0 aliphatic heterocycles. The quantitative estimate of drug-likeness (QED) is 0.634. The summed E-state index contributed by atoms with van der Waals surface area (Å²) in [5.74, 6) is -0.700. The second-order valence-corrected chi connectivity index (χ2v) is 6.25. The Labute approximate surface area is 156 Å². The zero-order valence-electron chi connectivity index (χ0n) is 14.0. The van der Waals surface area contributed by atoms with E-state index in [4.69, 9.17) is 11.6 Å². The summed E-state index contributed by atoms with van der Waals surface area (Å²) in [6, 6.07) is 21.9. The van der Waals surface area contributed by atoms with Crippen molar-refractivity contribution in [2.45, 2.75) is 6.42 Å². The van der Waals surface area contributed by atoms with Crippen LogP contribution < -0.4 is 10.6 Å². The highest BCUT2D eigenvalue weighted by Gasteiger charge is 2.08. The molecule has 132 valence electrons. The van der Waals surface area contributed by atoms with Gasteiger partial charge in [-0.2, -0.15) is 0 Å². The van der Waals surface area contributed by atoms with E-state index in [1.165, 1.54) is 23.8 Å². The maximum absolute atomic E-state index is 13.1. The molecule has 0 saturated heterocycles. The minimum atomic E-state index is -0.444. The maximum Gasteiger partial charge on any atom is 0.243 e. The van der Waals surface area contributed by atoms with Crippen molar-refractivity contribution in [2.24, 2.45) is 0 Å². The molecular weight excluding hydrogens is 351 g/mol. The van der Waals surface area contributed by atoms with Crippen molar-refractivity contribution in [1.29, 1.82) is 0 Å². The Bertz CT molecular complexity index is 900. The first kappa shape index (κ1) is 18.0. The van der Waals surface area contributed by atoms with Gasteiger partial charge in [0, 0.05) is 5.69 Å². The van der Waals surface area contributed by atoms with Crippen molar-refractivity contribution in [3.63, 3.8) is 0 Å². The Kier molecular flexibility index (Phi) is 5.87. The number of carbonyl (C=O) groups excluding carboxylic acids is 1. The number of hydrogen-bond acceptors (Lipinski definition) is 2. The number of nitrogens with one attached hydrogen (secondary N) is 2. The minimum absolute atomic E-state index is 0.0828. The Hall–Kier alpha value is -2.85. The number of halogens is 2. The topological polar surface area (TPSA) is 41.1 Å². The summed E-state index contributed by atoms with van der Waals surface area (Å²) in [6.45, 7) is 0.0828. The molecule has 3 aromatic carbocycles. The summed E-state index contributed by atoms with van der Waals surface area (Å²) >= 11 is 5.93.